The number of hydrogen-bond donors (Lipinski definition) is 1. The highest BCUT2D eigenvalue weighted by atomic mass is 16.5. The second kappa shape index (κ2) is 7.13. The van der Waals surface area contributed by atoms with Gasteiger partial charge >= 0.3 is 0 Å². The van der Waals surface area contributed by atoms with Gasteiger partial charge in [-0.15, -0.1) is 0 Å². The molecule has 19 heavy (non-hydrogen) atoms. The number of ether oxygens (including phenoxy) is 1. The lowest BCUT2D eigenvalue weighted by molar-refractivity contribution is 0.164. The molecule has 4 heteroatoms. The van der Waals surface area contributed by atoms with Crippen molar-refractivity contribution in [1.29, 1.82) is 5.26 Å². The van der Waals surface area contributed by atoms with Gasteiger partial charge in [0.05, 0.1) is 25.6 Å². The molecule has 0 bridgehead atoms. The normalized spacial score (nSPS) is 15.6. The van der Waals surface area contributed by atoms with Crippen LogP contribution in [0.1, 0.15) is 31.9 Å². The fourth-order valence-corrected chi connectivity index (χ4v) is 2.33. The molecule has 0 saturated heterocycles. The Balaban J connectivity index is 3.10. The standard InChI is InChI=1S/C15H23N3O/c1-11(9-10-16)18(3)15(12(2)17)13-7-5-6-8-14(13)19-4/h5-8,11-12,15H,9,17H2,1-4H3. The van der Waals surface area contributed by atoms with Crippen LogP contribution in [-0.4, -0.2) is 31.1 Å². The van der Waals surface area contributed by atoms with E-state index in [9.17, 15) is 0 Å². The third-order valence-corrected chi connectivity index (χ3v) is 3.48. The zero-order valence-corrected chi connectivity index (χ0v) is 12.1. The molecule has 0 aliphatic carbocycles. The summed E-state index contributed by atoms with van der Waals surface area (Å²) in [6, 6.07) is 10.2. The summed E-state index contributed by atoms with van der Waals surface area (Å²) in [5.41, 5.74) is 7.21. The minimum absolute atomic E-state index is 0.0273. The summed E-state index contributed by atoms with van der Waals surface area (Å²) in [4.78, 5) is 2.14. The summed E-state index contributed by atoms with van der Waals surface area (Å²) in [5.74, 6) is 0.834. The molecule has 0 aromatic heterocycles. The monoisotopic (exact) mass is 261 g/mol. The quantitative estimate of drug-likeness (QED) is 0.853. The topological polar surface area (TPSA) is 62.3 Å². The number of likely N-dealkylation sites (N-methyl/N-ethyl adjacent to an activating group) is 1. The third-order valence-electron chi connectivity index (χ3n) is 3.48. The second-order valence-electron chi connectivity index (χ2n) is 4.92. The highest BCUT2D eigenvalue weighted by Gasteiger charge is 2.27. The van der Waals surface area contributed by atoms with Gasteiger partial charge in [-0.3, -0.25) is 4.90 Å². The Morgan fingerprint density at radius 3 is 2.53 bits per heavy atom. The molecule has 0 aliphatic rings. The van der Waals surface area contributed by atoms with E-state index in [2.05, 4.69) is 11.0 Å². The summed E-state index contributed by atoms with van der Waals surface area (Å²) in [5, 5.41) is 8.84. The van der Waals surface area contributed by atoms with Gasteiger partial charge in [-0.1, -0.05) is 18.2 Å². The van der Waals surface area contributed by atoms with Gasteiger partial charge in [0.25, 0.3) is 0 Å². The van der Waals surface area contributed by atoms with Crippen LogP contribution in [0.25, 0.3) is 0 Å². The van der Waals surface area contributed by atoms with Crippen molar-refractivity contribution in [3.63, 3.8) is 0 Å². The first-order valence-electron chi connectivity index (χ1n) is 6.50. The van der Waals surface area contributed by atoms with E-state index in [0.29, 0.717) is 6.42 Å². The van der Waals surface area contributed by atoms with E-state index in [0.717, 1.165) is 11.3 Å². The predicted molar refractivity (Wildman–Crippen MR) is 76.8 cm³/mol. The molecular formula is C15H23N3O. The Kier molecular flexibility index (Phi) is 5.81. The molecule has 0 amide bonds. The van der Waals surface area contributed by atoms with E-state index < -0.39 is 0 Å². The molecular weight excluding hydrogens is 238 g/mol. The molecule has 2 N–H and O–H groups in total. The summed E-state index contributed by atoms with van der Waals surface area (Å²) in [6.45, 7) is 4.01. The summed E-state index contributed by atoms with van der Waals surface area (Å²) in [7, 11) is 3.66. The van der Waals surface area contributed by atoms with E-state index in [-0.39, 0.29) is 18.1 Å². The number of rotatable bonds is 6. The van der Waals surface area contributed by atoms with Gasteiger partial charge in [0.15, 0.2) is 0 Å². The van der Waals surface area contributed by atoms with Crippen LogP contribution in [-0.2, 0) is 0 Å². The van der Waals surface area contributed by atoms with E-state index in [4.69, 9.17) is 15.7 Å². The molecule has 0 radical (unpaired) electrons. The summed E-state index contributed by atoms with van der Waals surface area (Å²) in [6.07, 6.45) is 0.481. The molecule has 1 aromatic rings. The Bertz CT molecular complexity index is 439. The molecule has 0 spiro atoms. The van der Waals surface area contributed by atoms with Gasteiger partial charge in [-0.2, -0.15) is 5.26 Å². The number of methoxy groups -OCH3 is 1. The number of hydrogen-bond acceptors (Lipinski definition) is 4. The molecule has 0 heterocycles. The Morgan fingerprint density at radius 1 is 1.37 bits per heavy atom. The highest BCUT2D eigenvalue weighted by molar-refractivity contribution is 5.36. The fraction of sp³-hybridized carbons (Fsp3) is 0.533. The van der Waals surface area contributed by atoms with Crippen LogP contribution in [0.2, 0.25) is 0 Å². The van der Waals surface area contributed by atoms with Gasteiger partial charge in [-0.25, -0.2) is 0 Å². The molecule has 4 nitrogen and oxygen atoms in total. The molecule has 3 atom stereocenters. The van der Waals surface area contributed by atoms with Crippen LogP contribution in [0.5, 0.6) is 5.75 Å². The lowest BCUT2D eigenvalue weighted by atomic mass is 9.97. The molecule has 104 valence electrons. The number of nitriles is 1. The molecule has 0 saturated carbocycles. The average Bonchev–Trinajstić information content (AvgIpc) is 2.39. The van der Waals surface area contributed by atoms with Crippen molar-refractivity contribution >= 4 is 0 Å². The van der Waals surface area contributed by atoms with Gasteiger partial charge in [0, 0.05) is 17.6 Å². The van der Waals surface area contributed by atoms with E-state index in [1.54, 1.807) is 7.11 Å². The van der Waals surface area contributed by atoms with Crippen molar-refractivity contribution in [1.82, 2.24) is 4.90 Å². The maximum absolute atomic E-state index is 8.84. The lowest BCUT2D eigenvalue weighted by Gasteiger charge is -2.35. The van der Waals surface area contributed by atoms with Gasteiger partial charge < -0.3 is 10.5 Å². The van der Waals surface area contributed by atoms with Crippen molar-refractivity contribution in [3.05, 3.63) is 29.8 Å². The van der Waals surface area contributed by atoms with Crippen molar-refractivity contribution < 1.29 is 4.74 Å². The van der Waals surface area contributed by atoms with Crippen molar-refractivity contribution in [2.75, 3.05) is 14.2 Å². The maximum atomic E-state index is 8.84. The van der Waals surface area contributed by atoms with Crippen LogP contribution in [0.15, 0.2) is 24.3 Å². The summed E-state index contributed by atoms with van der Waals surface area (Å²) < 4.78 is 5.42. The minimum Gasteiger partial charge on any atom is -0.496 e. The highest BCUT2D eigenvalue weighted by Crippen LogP contribution is 2.31. The van der Waals surface area contributed by atoms with Gasteiger partial charge in [0.1, 0.15) is 5.75 Å². The van der Waals surface area contributed by atoms with Crippen molar-refractivity contribution in [3.8, 4) is 11.8 Å². The van der Waals surface area contributed by atoms with Crippen LogP contribution < -0.4 is 10.5 Å². The molecule has 1 rings (SSSR count). The van der Waals surface area contributed by atoms with Crippen molar-refractivity contribution in [2.45, 2.75) is 38.4 Å². The third kappa shape index (κ3) is 3.69. The Hall–Kier alpha value is -1.57. The van der Waals surface area contributed by atoms with Crippen molar-refractivity contribution in [2.24, 2.45) is 5.73 Å². The molecule has 0 aliphatic heterocycles. The fourth-order valence-electron chi connectivity index (χ4n) is 2.33. The SMILES string of the molecule is COc1ccccc1C(C(C)N)N(C)C(C)CC#N. The van der Waals surface area contributed by atoms with Crippen LogP contribution in [0.3, 0.4) is 0 Å². The van der Waals surface area contributed by atoms with Gasteiger partial charge in [-0.05, 0) is 27.0 Å². The average molecular weight is 261 g/mol. The lowest BCUT2D eigenvalue weighted by Crippen LogP contribution is -2.41. The smallest absolute Gasteiger partial charge is 0.123 e. The van der Waals surface area contributed by atoms with Crippen LogP contribution >= 0.6 is 0 Å². The van der Waals surface area contributed by atoms with Crippen LogP contribution in [0, 0.1) is 11.3 Å². The number of para-hydroxylation sites is 1. The molecule has 0 fully saturated rings. The predicted octanol–water partition coefficient (Wildman–Crippen LogP) is 2.32. The number of nitrogens with two attached hydrogens (primary N) is 1. The summed E-state index contributed by atoms with van der Waals surface area (Å²) >= 11 is 0. The first kappa shape index (κ1) is 15.5. The van der Waals surface area contributed by atoms with Crippen LogP contribution in [0.4, 0.5) is 0 Å². The zero-order chi connectivity index (χ0) is 14.4. The zero-order valence-electron chi connectivity index (χ0n) is 12.1. The first-order chi connectivity index (χ1) is 9.02. The number of nitrogens with zero attached hydrogens (tertiary/aromatic N) is 2. The second-order valence-corrected chi connectivity index (χ2v) is 4.92. The Morgan fingerprint density at radius 2 is 2.00 bits per heavy atom. The number of benzene rings is 1. The molecule has 1 aromatic carbocycles. The molecule has 3 unspecified atom stereocenters. The van der Waals surface area contributed by atoms with Gasteiger partial charge in [0.2, 0.25) is 0 Å². The Labute approximate surface area is 115 Å². The first-order valence-corrected chi connectivity index (χ1v) is 6.50. The van der Waals surface area contributed by atoms with E-state index in [1.165, 1.54) is 0 Å². The van der Waals surface area contributed by atoms with E-state index >= 15 is 0 Å². The van der Waals surface area contributed by atoms with E-state index in [1.807, 2.05) is 45.2 Å². The maximum Gasteiger partial charge on any atom is 0.123 e. The largest absolute Gasteiger partial charge is 0.496 e. The minimum atomic E-state index is -0.0533.